The third kappa shape index (κ3) is 3.96. The van der Waals surface area contributed by atoms with E-state index in [1.54, 1.807) is 24.3 Å². The summed E-state index contributed by atoms with van der Waals surface area (Å²) in [5, 5.41) is 18.9. The molecule has 33 heavy (non-hydrogen) atoms. The Labute approximate surface area is 194 Å². The van der Waals surface area contributed by atoms with Gasteiger partial charge in [0.2, 0.25) is 0 Å². The molecule has 2 nitrogen and oxygen atoms in total. The molecule has 2 N–H and O–H groups in total. The van der Waals surface area contributed by atoms with E-state index >= 15 is 0 Å². The maximum Gasteiger partial charge on any atom is 0.115 e. The van der Waals surface area contributed by atoms with Crippen molar-refractivity contribution in [2.75, 3.05) is 0 Å². The van der Waals surface area contributed by atoms with Crippen LogP contribution in [0.2, 0.25) is 0 Å². The van der Waals surface area contributed by atoms with Crippen molar-refractivity contribution in [2.45, 2.75) is 19.3 Å². The molecule has 1 aliphatic rings. The van der Waals surface area contributed by atoms with Crippen LogP contribution in [-0.2, 0) is 5.41 Å². The van der Waals surface area contributed by atoms with E-state index in [0.29, 0.717) is 0 Å². The molecule has 0 saturated heterocycles. The van der Waals surface area contributed by atoms with Gasteiger partial charge in [0.05, 0.1) is 0 Å². The number of fused-ring (bicyclic) bond motifs is 3. The molecule has 158 valence electrons. The molecule has 0 amide bonds. The molecule has 0 radical (unpaired) electrons. The lowest BCUT2D eigenvalue weighted by Gasteiger charge is -2.21. The van der Waals surface area contributed by atoms with Crippen molar-refractivity contribution in [2.24, 2.45) is 0 Å². The minimum absolute atomic E-state index is 0.156. The Morgan fingerprint density at radius 2 is 0.818 bits per heavy atom. The van der Waals surface area contributed by atoms with Gasteiger partial charge in [-0.15, -0.1) is 0 Å². The van der Waals surface area contributed by atoms with E-state index in [-0.39, 0.29) is 16.9 Å². The van der Waals surface area contributed by atoms with Gasteiger partial charge < -0.3 is 10.2 Å². The fraction of sp³-hybridized carbons (Fsp3) is 0.0968. The van der Waals surface area contributed by atoms with Gasteiger partial charge in [-0.05, 0) is 95.1 Å². The molecule has 0 unspecified atom stereocenters. The monoisotopic (exact) mass is 426 g/mol. The van der Waals surface area contributed by atoms with Crippen LogP contribution in [-0.4, -0.2) is 10.2 Å². The molecule has 0 heterocycles. The smallest absolute Gasteiger partial charge is 0.115 e. The molecule has 0 bridgehead atoms. The largest absolute Gasteiger partial charge is 0.508 e. The Hall–Kier alpha value is -4.40. The number of phenolic OH excluding ortho intramolecular Hbond substituents is 2. The quantitative estimate of drug-likeness (QED) is 0.329. The third-order valence-electron chi connectivity index (χ3n) is 6.11. The molecule has 4 aromatic carbocycles. The number of benzene rings is 4. The van der Waals surface area contributed by atoms with Gasteiger partial charge in [0.1, 0.15) is 11.5 Å². The number of hydrogen-bond acceptors (Lipinski definition) is 2. The number of rotatable bonds is 0. The highest BCUT2D eigenvalue weighted by molar-refractivity contribution is 5.82. The molecular weight excluding hydrogens is 404 g/mol. The van der Waals surface area contributed by atoms with Crippen molar-refractivity contribution in [1.29, 1.82) is 0 Å². The fourth-order valence-corrected chi connectivity index (χ4v) is 4.27. The van der Waals surface area contributed by atoms with Crippen LogP contribution < -0.4 is 0 Å². The molecule has 0 atom stereocenters. The first-order valence-corrected chi connectivity index (χ1v) is 10.8. The van der Waals surface area contributed by atoms with E-state index in [2.05, 4.69) is 73.9 Å². The van der Waals surface area contributed by atoms with E-state index < -0.39 is 0 Å². The van der Waals surface area contributed by atoms with Gasteiger partial charge in [0.25, 0.3) is 0 Å². The van der Waals surface area contributed by atoms with Crippen LogP contribution in [0.4, 0.5) is 0 Å². The van der Waals surface area contributed by atoms with E-state index in [4.69, 9.17) is 0 Å². The Kier molecular flexibility index (Phi) is 4.93. The zero-order chi connectivity index (χ0) is 23.0. The fourth-order valence-electron chi connectivity index (χ4n) is 4.27. The number of phenols is 2. The summed E-state index contributed by atoms with van der Waals surface area (Å²) in [5.41, 5.74) is 8.52. The first-order valence-electron chi connectivity index (χ1n) is 10.8. The van der Waals surface area contributed by atoms with Gasteiger partial charge in [0, 0.05) is 27.7 Å². The highest BCUT2D eigenvalue weighted by Gasteiger charge is 2.35. The highest BCUT2D eigenvalue weighted by atomic mass is 16.3. The molecule has 2 heteroatoms. The lowest BCUT2D eigenvalue weighted by Crippen LogP contribution is -2.15. The highest BCUT2D eigenvalue weighted by Crippen LogP contribution is 2.49. The maximum absolute atomic E-state index is 9.45. The number of hydrogen-bond donors (Lipinski definition) is 2. The van der Waals surface area contributed by atoms with E-state index in [9.17, 15) is 10.2 Å². The zero-order valence-corrected chi connectivity index (χ0v) is 18.5. The predicted molar refractivity (Wildman–Crippen MR) is 132 cm³/mol. The first kappa shape index (κ1) is 20.5. The van der Waals surface area contributed by atoms with Crippen LogP contribution in [0, 0.1) is 23.7 Å². The van der Waals surface area contributed by atoms with E-state index in [1.165, 1.54) is 22.3 Å². The molecule has 0 aliphatic heterocycles. The van der Waals surface area contributed by atoms with Gasteiger partial charge in [-0.2, -0.15) is 0 Å². The van der Waals surface area contributed by atoms with Crippen molar-refractivity contribution in [3.8, 4) is 46.3 Å². The van der Waals surface area contributed by atoms with E-state index in [1.807, 2.05) is 24.3 Å². The molecular formula is C31H22O2. The molecule has 0 spiro atoms. The van der Waals surface area contributed by atoms with Crippen LogP contribution >= 0.6 is 0 Å². The topological polar surface area (TPSA) is 40.5 Å². The summed E-state index contributed by atoms with van der Waals surface area (Å²) in [6.07, 6.45) is 0. The van der Waals surface area contributed by atoms with Crippen LogP contribution in [0.5, 0.6) is 11.5 Å². The minimum Gasteiger partial charge on any atom is -0.508 e. The minimum atomic E-state index is -0.156. The van der Waals surface area contributed by atoms with Gasteiger partial charge in [-0.1, -0.05) is 49.7 Å². The lowest BCUT2D eigenvalue weighted by atomic mass is 9.81. The van der Waals surface area contributed by atoms with Crippen LogP contribution in [0.15, 0.2) is 84.9 Å². The standard InChI is InChI=1S/C31H22O2/c1-31(2)29-19-23(5-3-21-7-13-25(32)14-8-21)11-17-27(29)28-18-12-24(20-30(28)31)6-4-22-9-15-26(33)16-10-22/h7-20,32-33H,1-2H3. The summed E-state index contributed by atoms with van der Waals surface area (Å²) in [6, 6.07) is 26.7. The van der Waals surface area contributed by atoms with Crippen LogP contribution in [0.25, 0.3) is 11.1 Å². The Morgan fingerprint density at radius 1 is 0.485 bits per heavy atom. The first-order chi connectivity index (χ1) is 15.9. The summed E-state index contributed by atoms with van der Waals surface area (Å²) in [7, 11) is 0. The molecule has 0 aromatic heterocycles. The lowest BCUT2D eigenvalue weighted by molar-refractivity contribution is 0.474. The van der Waals surface area contributed by atoms with E-state index in [0.717, 1.165) is 22.3 Å². The zero-order valence-electron chi connectivity index (χ0n) is 18.5. The second-order valence-electron chi connectivity index (χ2n) is 8.74. The van der Waals surface area contributed by atoms with Crippen LogP contribution in [0.3, 0.4) is 0 Å². The van der Waals surface area contributed by atoms with Crippen molar-refractivity contribution < 1.29 is 10.2 Å². The molecule has 5 rings (SSSR count). The van der Waals surface area contributed by atoms with Gasteiger partial charge in [-0.3, -0.25) is 0 Å². The van der Waals surface area contributed by atoms with Crippen molar-refractivity contribution >= 4 is 0 Å². The summed E-state index contributed by atoms with van der Waals surface area (Å²) < 4.78 is 0. The van der Waals surface area contributed by atoms with Gasteiger partial charge >= 0.3 is 0 Å². The maximum atomic E-state index is 9.45. The predicted octanol–water partition coefficient (Wildman–Crippen LogP) is 6.20. The SMILES string of the molecule is CC1(C)c2cc(C#Cc3ccc(O)cc3)ccc2-c2ccc(C#Cc3ccc(O)cc3)cc21. The molecule has 0 fully saturated rings. The van der Waals surface area contributed by atoms with Gasteiger partial charge in [0.15, 0.2) is 0 Å². The summed E-state index contributed by atoms with van der Waals surface area (Å²) in [4.78, 5) is 0. The van der Waals surface area contributed by atoms with Crippen molar-refractivity contribution in [3.63, 3.8) is 0 Å². The molecule has 0 saturated carbocycles. The average Bonchev–Trinajstić information content (AvgIpc) is 3.04. The van der Waals surface area contributed by atoms with Gasteiger partial charge in [-0.25, -0.2) is 0 Å². The summed E-state index contributed by atoms with van der Waals surface area (Å²) in [6.45, 7) is 4.48. The average molecular weight is 427 g/mol. The number of aromatic hydroxyl groups is 2. The summed E-state index contributed by atoms with van der Waals surface area (Å²) >= 11 is 0. The second-order valence-corrected chi connectivity index (χ2v) is 8.74. The Morgan fingerprint density at radius 3 is 1.21 bits per heavy atom. The third-order valence-corrected chi connectivity index (χ3v) is 6.11. The second kappa shape index (κ2) is 7.94. The van der Waals surface area contributed by atoms with Crippen LogP contribution in [0.1, 0.15) is 47.2 Å². The Bertz CT molecular complexity index is 1370. The molecule has 4 aromatic rings. The molecule has 1 aliphatic carbocycles. The normalized spacial score (nSPS) is 12.5. The Balaban J connectivity index is 1.47. The van der Waals surface area contributed by atoms with Crippen molar-refractivity contribution in [3.05, 3.63) is 118 Å². The summed E-state index contributed by atoms with van der Waals surface area (Å²) in [5.74, 6) is 13.3. The van der Waals surface area contributed by atoms with Crippen molar-refractivity contribution in [1.82, 2.24) is 0 Å².